The molecule has 0 radical (unpaired) electrons. The van der Waals surface area contributed by atoms with Gasteiger partial charge in [0.05, 0.1) is 0 Å². The van der Waals surface area contributed by atoms with Gasteiger partial charge in [-0.1, -0.05) is 38.5 Å². The van der Waals surface area contributed by atoms with Crippen LogP contribution in [0.1, 0.15) is 30.6 Å². The van der Waals surface area contributed by atoms with Crippen molar-refractivity contribution in [1.82, 2.24) is 10.3 Å². The highest BCUT2D eigenvalue weighted by atomic mass is 16.2. The Balaban J connectivity index is 1.95. The molecule has 0 aliphatic heterocycles. The topological polar surface area (TPSA) is 88.0 Å². The fraction of sp³-hybridized carbons (Fsp3) is 0.263. The van der Waals surface area contributed by atoms with Crippen molar-refractivity contribution in [2.45, 2.75) is 26.3 Å². The minimum atomic E-state index is -0.666. The van der Waals surface area contributed by atoms with Crippen LogP contribution >= 0.6 is 0 Å². The Kier molecular flexibility index (Phi) is 4.25. The van der Waals surface area contributed by atoms with Gasteiger partial charge in [-0.15, -0.1) is 0 Å². The van der Waals surface area contributed by atoms with Gasteiger partial charge in [-0.05, 0) is 30.2 Å². The Labute approximate surface area is 140 Å². The first-order chi connectivity index (χ1) is 11.5. The number of nitrogens with one attached hydrogen (secondary N) is 2. The zero-order chi connectivity index (χ0) is 17.3. The summed E-state index contributed by atoms with van der Waals surface area (Å²) in [5, 5.41) is 4.81. The minimum Gasteiger partial charge on any atom is -0.368 e. The first-order valence-electron chi connectivity index (χ1n) is 8.12. The number of fused-ring (bicyclic) bond motifs is 3. The summed E-state index contributed by atoms with van der Waals surface area (Å²) in [5.41, 5.74) is 7.95. The number of nitrogens with two attached hydrogens (primary N) is 1. The number of primary amides is 1. The smallest absolute Gasteiger partial charge is 0.251 e. The fourth-order valence-electron chi connectivity index (χ4n) is 2.94. The molecule has 0 aliphatic rings. The van der Waals surface area contributed by atoms with Crippen LogP contribution in [0.15, 0.2) is 42.5 Å². The van der Waals surface area contributed by atoms with Gasteiger partial charge in [0.25, 0.3) is 5.91 Å². The minimum absolute atomic E-state index is 0.0109. The molecule has 5 nitrogen and oxygen atoms in total. The molecule has 0 bridgehead atoms. The quantitative estimate of drug-likeness (QED) is 0.674. The van der Waals surface area contributed by atoms with E-state index in [0.717, 1.165) is 28.2 Å². The van der Waals surface area contributed by atoms with E-state index in [0.29, 0.717) is 5.56 Å². The fourth-order valence-corrected chi connectivity index (χ4v) is 2.94. The van der Waals surface area contributed by atoms with E-state index >= 15 is 0 Å². The molecule has 0 aliphatic carbocycles. The number of aromatic nitrogens is 1. The number of hydrogen-bond donors (Lipinski definition) is 3. The lowest BCUT2D eigenvalue weighted by Gasteiger charge is -2.21. The van der Waals surface area contributed by atoms with Crippen molar-refractivity contribution in [3.63, 3.8) is 0 Å². The molecule has 2 aromatic carbocycles. The molecule has 24 heavy (non-hydrogen) atoms. The normalized spacial score (nSPS) is 13.8. The molecule has 3 rings (SSSR count). The van der Waals surface area contributed by atoms with Crippen molar-refractivity contribution in [3.8, 4) is 0 Å². The number of para-hydroxylation sites is 1. The first kappa shape index (κ1) is 16.1. The zero-order valence-electron chi connectivity index (χ0n) is 13.8. The second kappa shape index (κ2) is 6.35. The highest BCUT2D eigenvalue weighted by molar-refractivity contribution is 6.10. The Morgan fingerprint density at radius 3 is 2.54 bits per heavy atom. The van der Waals surface area contributed by atoms with Crippen molar-refractivity contribution in [2.24, 2.45) is 11.7 Å². The van der Waals surface area contributed by atoms with Gasteiger partial charge in [-0.25, -0.2) is 0 Å². The van der Waals surface area contributed by atoms with Crippen LogP contribution in [0, 0.1) is 5.92 Å². The molecule has 0 saturated carbocycles. The van der Waals surface area contributed by atoms with E-state index in [1.54, 1.807) is 6.07 Å². The van der Waals surface area contributed by atoms with Crippen LogP contribution in [0.5, 0.6) is 0 Å². The summed E-state index contributed by atoms with van der Waals surface area (Å²) in [5.74, 6) is -0.805. The Bertz CT molecular complexity index is 913. The summed E-state index contributed by atoms with van der Waals surface area (Å²) in [6, 6.07) is 12.8. The van der Waals surface area contributed by atoms with E-state index in [9.17, 15) is 9.59 Å². The number of rotatable bonds is 5. The van der Waals surface area contributed by atoms with E-state index in [2.05, 4.69) is 10.3 Å². The Morgan fingerprint density at radius 1 is 1.12 bits per heavy atom. The van der Waals surface area contributed by atoms with E-state index < -0.39 is 11.9 Å². The second-order valence-electron chi connectivity index (χ2n) is 6.17. The number of carbonyl (C=O) groups excluding carboxylic acids is 2. The van der Waals surface area contributed by atoms with Crippen LogP contribution in [-0.2, 0) is 4.79 Å². The summed E-state index contributed by atoms with van der Waals surface area (Å²) in [6.45, 7) is 3.86. The number of carbonyl (C=O) groups is 2. The van der Waals surface area contributed by atoms with Crippen molar-refractivity contribution < 1.29 is 9.59 Å². The molecule has 3 aromatic rings. The van der Waals surface area contributed by atoms with Crippen LogP contribution in [0.4, 0.5) is 0 Å². The lowest BCUT2D eigenvalue weighted by atomic mass is 9.98. The predicted molar refractivity (Wildman–Crippen MR) is 95.7 cm³/mol. The van der Waals surface area contributed by atoms with Gasteiger partial charge in [0.15, 0.2) is 0 Å². The monoisotopic (exact) mass is 323 g/mol. The molecule has 0 fully saturated rings. The lowest BCUT2D eigenvalue weighted by Crippen LogP contribution is -2.48. The van der Waals surface area contributed by atoms with Gasteiger partial charge in [-0.2, -0.15) is 0 Å². The third-order valence-corrected chi connectivity index (χ3v) is 4.57. The van der Waals surface area contributed by atoms with Crippen molar-refractivity contribution in [2.75, 3.05) is 0 Å². The van der Waals surface area contributed by atoms with Gasteiger partial charge in [0.1, 0.15) is 6.04 Å². The third kappa shape index (κ3) is 2.85. The van der Waals surface area contributed by atoms with Gasteiger partial charge < -0.3 is 16.0 Å². The van der Waals surface area contributed by atoms with Crippen LogP contribution in [0.25, 0.3) is 21.8 Å². The van der Waals surface area contributed by atoms with Gasteiger partial charge in [-0.3, -0.25) is 9.59 Å². The number of H-pyrrole nitrogens is 1. The van der Waals surface area contributed by atoms with Crippen LogP contribution < -0.4 is 11.1 Å². The van der Waals surface area contributed by atoms with Crippen molar-refractivity contribution >= 4 is 33.6 Å². The average Bonchev–Trinajstić information content (AvgIpc) is 2.96. The standard InChI is InChI=1S/C19H21N3O2/c1-3-11(2)17(18(20)23)22-19(24)12-8-9-16-14(10-12)13-6-4-5-7-15(13)21-16/h4-11,17,21H,3H2,1-2H3,(H2,20,23)(H,22,24)/t11-,17?/m0/s1. The maximum absolute atomic E-state index is 12.6. The number of hydrogen-bond acceptors (Lipinski definition) is 2. The molecule has 0 saturated heterocycles. The summed E-state index contributed by atoms with van der Waals surface area (Å²) in [4.78, 5) is 27.5. The Hall–Kier alpha value is -2.82. The largest absolute Gasteiger partial charge is 0.368 e. The second-order valence-corrected chi connectivity index (χ2v) is 6.17. The number of aromatic amines is 1. The molecule has 2 amide bonds. The summed E-state index contributed by atoms with van der Waals surface area (Å²) in [7, 11) is 0. The van der Waals surface area contributed by atoms with Crippen LogP contribution in [0.3, 0.4) is 0 Å². The molecule has 1 unspecified atom stereocenters. The van der Waals surface area contributed by atoms with Crippen molar-refractivity contribution in [3.05, 3.63) is 48.0 Å². The van der Waals surface area contributed by atoms with E-state index in [4.69, 9.17) is 5.73 Å². The predicted octanol–water partition coefficient (Wildman–Crippen LogP) is 2.95. The summed E-state index contributed by atoms with van der Waals surface area (Å²) < 4.78 is 0. The van der Waals surface area contributed by atoms with E-state index in [-0.39, 0.29) is 11.8 Å². The van der Waals surface area contributed by atoms with Crippen LogP contribution in [-0.4, -0.2) is 22.8 Å². The molecule has 4 N–H and O–H groups in total. The zero-order valence-corrected chi connectivity index (χ0v) is 13.8. The Morgan fingerprint density at radius 2 is 1.83 bits per heavy atom. The molecule has 5 heteroatoms. The maximum Gasteiger partial charge on any atom is 0.251 e. The lowest BCUT2D eigenvalue weighted by molar-refractivity contribution is -0.120. The molecule has 1 heterocycles. The molecule has 1 aromatic heterocycles. The third-order valence-electron chi connectivity index (χ3n) is 4.57. The molecule has 0 spiro atoms. The highest BCUT2D eigenvalue weighted by Gasteiger charge is 2.24. The van der Waals surface area contributed by atoms with E-state index in [1.165, 1.54) is 0 Å². The number of amides is 2. The SMILES string of the molecule is CC[C@H](C)C(NC(=O)c1ccc2[nH]c3ccccc3c2c1)C(N)=O. The molecular weight excluding hydrogens is 302 g/mol. The molecular formula is C19H21N3O2. The van der Waals surface area contributed by atoms with E-state index in [1.807, 2.05) is 50.2 Å². The van der Waals surface area contributed by atoms with Gasteiger partial charge >= 0.3 is 0 Å². The molecule has 2 atom stereocenters. The molecule has 124 valence electrons. The van der Waals surface area contributed by atoms with Crippen molar-refractivity contribution in [1.29, 1.82) is 0 Å². The average molecular weight is 323 g/mol. The highest BCUT2D eigenvalue weighted by Crippen LogP contribution is 2.26. The first-order valence-corrected chi connectivity index (χ1v) is 8.12. The summed E-state index contributed by atoms with van der Waals surface area (Å²) >= 11 is 0. The van der Waals surface area contributed by atoms with Gasteiger partial charge in [0, 0.05) is 27.4 Å². The van der Waals surface area contributed by atoms with Gasteiger partial charge in [0.2, 0.25) is 5.91 Å². The van der Waals surface area contributed by atoms with Crippen LogP contribution in [0.2, 0.25) is 0 Å². The summed E-state index contributed by atoms with van der Waals surface area (Å²) in [6.07, 6.45) is 0.759. The number of benzene rings is 2. The maximum atomic E-state index is 12.6.